The fraction of sp³-hybridized carbons (Fsp3) is 0.625. The molecule has 0 amide bonds. The molecule has 1 fully saturated rings. The molecule has 122 valence electrons. The third kappa shape index (κ3) is 4.59. The second kappa shape index (κ2) is 8.58. The highest BCUT2D eigenvalue weighted by molar-refractivity contribution is 5.70. The van der Waals surface area contributed by atoms with E-state index in [-0.39, 0.29) is 5.97 Å². The van der Waals surface area contributed by atoms with E-state index in [1.165, 1.54) is 7.11 Å². The SMILES string of the molecule is CCCN(CCC(=O)OC)c1ccc(N2CCOCC2)nc1. The smallest absolute Gasteiger partial charge is 0.307 e. The van der Waals surface area contributed by atoms with Gasteiger partial charge in [0.2, 0.25) is 0 Å². The molecule has 6 nitrogen and oxygen atoms in total. The molecule has 0 N–H and O–H groups in total. The van der Waals surface area contributed by atoms with Crippen LogP contribution in [0.2, 0.25) is 0 Å². The van der Waals surface area contributed by atoms with E-state index in [0.717, 1.165) is 50.8 Å². The van der Waals surface area contributed by atoms with Crippen LogP contribution >= 0.6 is 0 Å². The van der Waals surface area contributed by atoms with Gasteiger partial charge in [0, 0.05) is 26.2 Å². The summed E-state index contributed by atoms with van der Waals surface area (Å²) in [6, 6.07) is 4.12. The molecule has 1 aliphatic heterocycles. The number of anilines is 2. The molecule has 1 aliphatic rings. The van der Waals surface area contributed by atoms with Crippen LogP contribution in [0.25, 0.3) is 0 Å². The van der Waals surface area contributed by atoms with Gasteiger partial charge < -0.3 is 19.3 Å². The third-order valence-corrected chi connectivity index (χ3v) is 3.74. The number of carbonyl (C=O) groups is 1. The standard InChI is InChI=1S/C16H25N3O3/c1-3-7-18(8-6-16(20)21-2)14-4-5-15(17-13-14)19-9-11-22-12-10-19/h4-5,13H,3,6-12H2,1-2H3. The van der Waals surface area contributed by atoms with E-state index in [2.05, 4.69) is 27.8 Å². The van der Waals surface area contributed by atoms with Crippen molar-refractivity contribution in [3.63, 3.8) is 0 Å². The first-order valence-corrected chi connectivity index (χ1v) is 7.85. The van der Waals surface area contributed by atoms with Gasteiger partial charge in [-0.05, 0) is 18.6 Å². The Morgan fingerprint density at radius 2 is 2.14 bits per heavy atom. The number of ether oxygens (including phenoxy) is 2. The highest BCUT2D eigenvalue weighted by Gasteiger charge is 2.14. The number of aromatic nitrogens is 1. The van der Waals surface area contributed by atoms with Crippen LogP contribution in [0.3, 0.4) is 0 Å². The Balaban J connectivity index is 1.99. The van der Waals surface area contributed by atoms with Gasteiger partial charge >= 0.3 is 5.97 Å². The number of methoxy groups -OCH3 is 1. The minimum atomic E-state index is -0.181. The van der Waals surface area contributed by atoms with E-state index in [1.54, 1.807) is 0 Å². The molecule has 0 saturated carbocycles. The lowest BCUT2D eigenvalue weighted by atomic mass is 10.3. The summed E-state index contributed by atoms with van der Waals surface area (Å²) in [5, 5.41) is 0. The summed E-state index contributed by atoms with van der Waals surface area (Å²) in [5.41, 5.74) is 1.04. The van der Waals surface area contributed by atoms with Crippen molar-refractivity contribution < 1.29 is 14.3 Å². The summed E-state index contributed by atoms with van der Waals surface area (Å²) in [5.74, 6) is 0.801. The Morgan fingerprint density at radius 3 is 2.73 bits per heavy atom. The zero-order valence-corrected chi connectivity index (χ0v) is 13.5. The first-order valence-electron chi connectivity index (χ1n) is 7.85. The van der Waals surface area contributed by atoms with Crippen molar-refractivity contribution in [2.24, 2.45) is 0 Å². The predicted molar refractivity (Wildman–Crippen MR) is 86.4 cm³/mol. The number of pyridine rings is 1. The van der Waals surface area contributed by atoms with Crippen LogP contribution < -0.4 is 9.80 Å². The fourth-order valence-electron chi connectivity index (χ4n) is 2.51. The third-order valence-electron chi connectivity index (χ3n) is 3.74. The number of morpholine rings is 1. The number of esters is 1. The Kier molecular flexibility index (Phi) is 6.45. The molecule has 1 saturated heterocycles. The molecule has 6 heteroatoms. The normalized spacial score (nSPS) is 14.7. The minimum absolute atomic E-state index is 0.181. The van der Waals surface area contributed by atoms with Crippen molar-refractivity contribution in [2.75, 3.05) is 56.3 Å². The van der Waals surface area contributed by atoms with Gasteiger partial charge in [-0.3, -0.25) is 4.79 Å². The zero-order valence-electron chi connectivity index (χ0n) is 13.5. The summed E-state index contributed by atoms with van der Waals surface area (Å²) in [4.78, 5) is 20.3. The van der Waals surface area contributed by atoms with Gasteiger partial charge in [-0.15, -0.1) is 0 Å². The van der Waals surface area contributed by atoms with E-state index in [9.17, 15) is 4.79 Å². The monoisotopic (exact) mass is 307 g/mol. The summed E-state index contributed by atoms with van der Waals surface area (Å²) in [6.07, 6.45) is 3.30. The van der Waals surface area contributed by atoms with Crippen LogP contribution in [-0.4, -0.2) is 57.5 Å². The predicted octanol–water partition coefficient (Wildman–Crippen LogP) is 1.70. The van der Waals surface area contributed by atoms with Gasteiger partial charge in [-0.2, -0.15) is 0 Å². The molecule has 0 aliphatic carbocycles. The maximum Gasteiger partial charge on any atom is 0.307 e. The molecule has 1 aromatic rings. The number of hydrogen-bond donors (Lipinski definition) is 0. The maximum atomic E-state index is 11.3. The van der Waals surface area contributed by atoms with Crippen LogP contribution in [0.5, 0.6) is 0 Å². The summed E-state index contributed by atoms with van der Waals surface area (Å²) in [7, 11) is 1.42. The lowest BCUT2D eigenvalue weighted by Gasteiger charge is -2.29. The van der Waals surface area contributed by atoms with Crippen LogP contribution in [-0.2, 0) is 14.3 Å². The molecule has 0 aromatic carbocycles. The van der Waals surface area contributed by atoms with Crippen molar-refractivity contribution in [1.29, 1.82) is 0 Å². The van der Waals surface area contributed by atoms with Gasteiger partial charge in [0.25, 0.3) is 0 Å². The average Bonchev–Trinajstić information content (AvgIpc) is 2.59. The molecular formula is C16H25N3O3. The average molecular weight is 307 g/mol. The Hall–Kier alpha value is -1.82. The molecule has 0 radical (unpaired) electrons. The van der Waals surface area contributed by atoms with Crippen LogP contribution in [0.1, 0.15) is 19.8 Å². The second-order valence-corrected chi connectivity index (χ2v) is 5.29. The Bertz CT molecular complexity index is 458. The number of nitrogens with zero attached hydrogens (tertiary/aromatic N) is 3. The minimum Gasteiger partial charge on any atom is -0.469 e. The molecular weight excluding hydrogens is 282 g/mol. The number of carbonyl (C=O) groups excluding carboxylic acids is 1. The quantitative estimate of drug-likeness (QED) is 0.715. The van der Waals surface area contributed by atoms with Gasteiger partial charge in [0.05, 0.1) is 38.6 Å². The zero-order chi connectivity index (χ0) is 15.8. The number of rotatable bonds is 7. The van der Waals surface area contributed by atoms with Gasteiger partial charge in [-0.25, -0.2) is 4.98 Å². The van der Waals surface area contributed by atoms with Crippen molar-refractivity contribution in [3.05, 3.63) is 18.3 Å². The van der Waals surface area contributed by atoms with E-state index in [0.29, 0.717) is 13.0 Å². The summed E-state index contributed by atoms with van der Waals surface area (Å²) < 4.78 is 10.1. The van der Waals surface area contributed by atoms with E-state index in [1.807, 2.05) is 12.3 Å². The van der Waals surface area contributed by atoms with Crippen LogP contribution in [0, 0.1) is 0 Å². The largest absolute Gasteiger partial charge is 0.469 e. The Morgan fingerprint density at radius 1 is 1.36 bits per heavy atom. The van der Waals surface area contributed by atoms with Crippen LogP contribution in [0.15, 0.2) is 18.3 Å². The highest BCUT2D eigenvalue weighted by atomic mass is 16.5. The topological polar surface area (TPSA) is 54.9 Å². The fourth-order valence-corrected chi connectivity index (χ4v) is 2.51. The van der Waals surface area contributed by atoms with Crippen molar-refractivity contribution in [1.82, 2.24) is 4.98 Å². The molecule has 0 unspecified atom stereocenters. The van der Waals surface area contributed by atoms with Crippen molar-refractivity contribution in [2.45, 2.75) is 19.8 Å². The van der Waals surface area contributed by atoms with E-state index < -0.39 is 0 Å². The lowest BCUT2D eigenvalue weighted by molar-refractivity contribution is -0.140. The van der Waals surface area contributed by atoms with Crippen LogP contribution in [0.4, 0.5) is 11.5 Å². The van der Waals surface area contributed by atoms with E-state index >= 15 is 0 Å². The van der Waals surface area contributed by atoms with Crippen molar-refractivity contribution >= 4 is 17.5 Å². The van der Waals surface area contributed by atoms with Gasteiger partial charge in [-0.1, -0.05) is 6.92 Å². The van der Waals surface area contributed by atoms with Crippen molar-refractivity contribution in [3.8, 4) is 0 Å². The molecule has 0 atom stereocenters. The lowest BCUT2D eigenvalue weighted by Crippen LogP contribution is -2.36. The van der Waals surface area contributed by atoms with E-state index in [4.69, 9.17) is 9.47 Å². The molecule has 0 bridgehead atoms. The highest BCUT2D eigenvalue weighted by Crippen LogP contribution is 2.19. The second-order valence-electron chi connectivity index (χ2n) is 5.29. The summed E-state index contributed by atoms with van der Waals surface area (Å²) >= 11 is 0. The maximum absolute atomic E-state index is 11.3. The molecule has 22 heavy (non-hydrogen) atoms. The summed E-state index contributed by atoms with van der Waals surface area (Å²) in [6.45, 7) is 6.95. The molecule has 2 heterocycles. The Labute approximate surface area is 132 Å². The molecule has 2 rings (SSSR count). The van der Waals surface area contributed by atoms with Gasteiger partial charge in [0.15, 0.2) is 0 Å². The first-order chi connectivity index (χ1) is 10.7. The number of hydrogen-bond acceptors (Lipinski definition) is 6. The molecule has 1 aromatic heterocycles. The first kappa shape index (κ1) is 16.5. The van der Waals surface area contributed by atoms with Gasteiger partial charge in [0.1, 0.15) is 5.82 Å². The molecule has 0 spiro atoms.